The van der Waals surface area contributed by atoms with Crippen LogP contribution in [0.2, 0.25) is 0 Å². The summed E-state index contributed by atoms with van der Waals surface area (Å²) >= 11 is 0. The predicted molar refractivity (Wildman–Crippen MR) is 77.2 cm³/mol. The molecule has 1 saturated heterocycles. The fourth-order valence-corrected chi connectivity index (χ4v) is 2.56. The minimum atomic E-state index is -0.357. The molecule has 0 saturated carbocycles. The topological polar surface area (TPSA) is 65.5 Å². The highest BCUT2D eigenvalue weighted by Crippen LogP contribution is 2.19. The molecule has 0 spiro atoms. The van der Waals surface area contributed by atoms with Crippen LogP contribution in [0.1, 0.15) is 31.2 Å². The molecule has 2 heterocycles. The maximum absolute atomic E-state index is 12.1. The number of urea groups is 1. The van der Waals surface area contributed by atoms with Crippen LogP contribution in [0.3, 0.4) is 0 Å². The van der Waals surface area contributed by atoms with Crippen LogP contribution in [0.4, 0.5) is 4.79 Å². The number of aryl methyl sites for hydroxylation is 1. The highest BCUT2D eigenvalue weighted by Gasteiger charge is 2.26. The molecule has 1 aromatic heterocycles. The van der Waals surface area contributed by atoms with E-state index in [0.717, 1.165) is 30.8 Å². The number of hydrogen-bond donors (Lipinski definition) is 2. The van der Waals surface area contributed by atoms with Gasteiger partial charge in [0.1, 0.15) is 0 Å². The van der Waals surface area contributed by atoms with Crippen molar-refractivity contribution in [1.29, 1.82) is 0 Å². The van der Waals surface area contributed by atoms with Crippen molar-refractivity contribution < 1.29 is 9.90 Å². The average molecular weight is 277 g/mol. The molecule has 0 aliphatic carbocycles. The molecule has 1 aromatic rings. The number of piperidine rings is 1. The number of likely N-dealkylation sites (tertiary alicyclic amines) is 1. The summed E-state index contributed by atoms with van der Waals surface area (Å²) in [6.07, 6.45) is 1.58. The smallest absolute Gasteiger partial charge is 0.317 e. The van der Waals surface area contributed by atoms with Crippen molar-refractivity contribution in [3.05, 3.63) is 29.6 Å². The van der Waals surface area contributed by atoms with Crippen LogP contribution in [-0.4, -0.2) is 40.2 Å². The Hall–Kier alpha value is -1.62. The Labute approximate surface area is 120 Å². The molecule has 1 fully saturated rings. The zero-order chi connectivity index (χ0) is 14.5. The van der Waals surface area contributed by atoms with Gasteiger partial charge in [0.25, 0.3) is 0 Å². The molecule has 20 heavy (non-hydrogen) atoms. The molecule has 2 N–H and O–H groups in total. The molecule has 1 aliphatic rings. The molecule has 110 valence electrons. The van der Waals surface area contributed by atoms with Crippen molar-refractivity contribution >= 4 is 6.03 Å². The molecule has 5 nitrogen and oxygen atoms in total. The number of aliphatic hydroxyl groups is 1. The minimum absolute atomic E-state index is 0.0707. The van der Waals surface area contributed by atoms with Crippen molar-refractivity contribution in [2.75, 3.05) is 13.1 Å². The number of pyridine rings is 1. The first kappa shape index (κ1) is 14.8. The summed E-state index contributed by atoms with van der Waals surface area (Å²) in [5, 5.41) is 12.5. The summed E-state index contributed by atoms with van der Waals surface area (Å²) in [6, 6.07) is 5.71. The van der Waals surface area contributed by atoms with E-state index in [9.17, 15) is 9.90 Å². The fraction of sp³-hybridized carbons (Fsp3) is 0.600. The first-order chi connectivity index (χ1) is 9.56. The Bertz CT molecular complexity index is 462. The monoisotopic (exact) mass is 277 g/mol. The van der Waals surface area contributed by atoms with Gasteiger partial charge in [0.05, 0.1) is 18.3 Å². The Morgan fingerprint density at radius 2 is 2.40 bits per heavy atom. The van der Waals surface area contributed by atoms with Crippen molar-refractivity contribution in [1.82, 2.24) is 15.2 Å². The highest BCUT2D eigenvalue weighted by atomic mass is 16.3. The number of nitrogens with one attached hydrogen (secondary N) is 1. The molecule has 2 rings (SSSR count). The van der Waals surface area contributed by atoms with Crippen molar-refractivity contribution in [3.8, 4) is 0 Å². The zero-order valence-electron chi connectivity index (χ0n) is 12.2. The van der Waals surface area contributed by atoms with Crippen molar-refractivity contribution in [2.24, 2.45) is 5.92 Å². The van der Waals surface area contributed by atoms with Crippen LogP contribution >= 0.6 is 0 Å². The second-order valence-corrected chi connectivity index (χ2v) is 5.52. The Morgan fingerprint density at radius 1 is 1.60 bits per heavy atom. The van der Waals surface area contributed by atoms with Gasteiger partial charge in [-0.1, -0.05) is 6.07 Å². The van der Waals surface area contributed by atoms with E-state index < -0.39 is 0 Å². The molecule has 0 bridgehead atoms. The van der Waals surface area contributed by atoms with Gasteiger partial charge in [0, 0.05) is 24.7 Å². The minimum Gasteiger partial charge on any atom is -0.393 e. The number of aliphatic hydroxyl groups excluding tert-OH is 1. The second-order valence-electron chi connectivity index (χ2n) is 5.52. The molecule has 0 aromatic carbocycles. The summed E-state index contributed by atoms with van der Waals surface area (Å²) in [7, 11) is 0. The first-order valence-electron chi connectivity index (χ1n) is 7.19. The number of carbonyl (C=O) groups excluding carboxylic acids is 1. The zero-order valence-corrected chi connectivity index (χ0v) is 12.2. The van der Waals surface area contributed by atoms with Gasteiger partial charge in [-0.05, 0) is 38.8 Å². The predicted octanol–water partition coefficient (Wildman–Crippen LogP) is 1.69. The number of aromatic nitrogens is 1. The van der Waals surface area contributed by atoms with Gasteiger partial charge in [-0.25, -0.2) is 4.79 Å². The van der Waals surface area contributed by atoms with Gasteiger partial charge in [-0.15, -0.1) is 0 Å². The van der Waals surface area contributed by atoms with Gasteiger partial charge in [-0.2, -0.15) is 0 Å². The molecule has 2 unspecified atom stereocenters. The van der Waals surface area contributed by atoms with E-state index in [4.69, 9.17) is 0 Å². The Kier molecular flexibility index (Phi) is 4.95. The molecule has 2 amide bonds. The molecular formula is C15H23N3O2. The number of amides is 2. The third kappa shape index (κ3) is 3.93. The van der Waals surface area contributed by atoms with Crippen molar-refractivity contribution in [3.63, 3.8) is 0 Å². The lowest BCUT2D eigenvalue weighted by Gasteiger charge is -2.34. The van der Waals surface area contributed by atoms with E-state index in [1.54, 1.807) is 11.8 Å². The largest absolute Gasteiger partial charge is 0.393 e. The van der Waals surface area contributed by atoms with Crippen molar-refractivity contribution in [2.45, 2.75) is 39.3 Å². The van der Waals surface area contributed by atoms with E-state index >= 15 is 0 Å². The quantitative estimate of drug-likeness (QED) is 0.883. The number of hydrogen-bond acceptors (Lipinski definition) is 3. The van der Waals surface area contributed by atoms with E-state index in [1.807, 2.05) is 25.1 Å². The van der Waals surface area contributed by atoms with Crippen LogP contribution in [-0.2, 0) is 6.54 Å². The van der Waals surface area contributed by atoms with E-state index in [2.05, 4.69) is 10.3 Å². The van der Waals surface area contributed by atoms with Crippen LogP contribution in [0.5, 0.6) is 0 Å². The van der Waals surface area contributed by atoms with Crippen LogP contribution in [0.25, 0.3) is 0 Å². The molecule has 0 radical (unpaired) electrons. The van der Waals surface area contributed by atoms with Crippen LogP contribution in [0.15, 0.2) is 18.2 Å². The SMILES string of the molecule is Cc1cccc(CNC(=O)N2CCCC(C(C)O)C2)n1. The lowest BCUT2D eigenvalue weighted by atomic mass is 9.94. The summed E-state index contributed by atoms with van der Waals surface area (Å²) in [5.74, 6) is 0.187. The normalized spacial score (nSPS) is 20.6. The number of rotatable bonds is 3. The Balaban J connectivity index is 1.85. The van der Waals surface area contributed by atoms with Gasteiger partial charge in [0.2, 0.25) is 0 Å². The van der Waals surface area contributed by atoms with Gasteiger partial charge >= 0.3 is 6.03 Å². The van der Waals surface area contributed by atoms with Gasteiger partial charge in [0.15, 0.2) is 0 Å². The van der Waals surface area contributed by atoms with E-state index in [1.165, 1.54) is 0 Å². The Morgan fingerprint density at radius 3 is 3.10 bits per heavy atom. The summed E-state index contributed by atoms with van der Waals surface area (Å²) < 4.78 is 0. The standard InChI is InChI=1S/C15H23N3O2/c1-11-5-3-7-14(17-11)9-16-15(20)18-8-4-6-13(10-18)12(2)19/h3,5,7,12-13,19H,4,6,8-10H2,1-2H3,(H,16,20). The summed E-state index contributed by atoms with van der Waals surface area (Å²) in [6.45, 7) is 5.56. The average Bonchev–Trinajstić information content (AvgIpc) is 2.45. The molecule has 2 atom stereocenters. The van der Waals surface area contributed by atoms with Gasteiger partial charge < -0.3 is 15.3 Å². The third-order valence-electron chi connectivity index (χ3n) is 3.79. The van der Waals surface area contributed by atoms with Crippen LogP contribution in [0, 0.1) is 12.8 Å². The lowest BCUT2D eigenvalue weighted by Crippen LogP contribution is -2.47. The van der Waals surface area contributed by atoms with E-state index in [0.29, 0.717) is 13.1 Å². The number of nitrogens with zero attached hydrogens (tertiary/aromatic N) is 2. The maximum Gasteiger partial charge on any atom is 0.317 e. The lowest BCUT2D eigenvalue weighted by molar-refractivity contribution is 0.0738. The molecule has 5 heteroatoms. The maximum atomic E-state index is 12.1. The van der Waals surface area contributed by atoms with Gasteiger partial charge in [-0.3, -0.25) is 4.98 Å². The third-order valence-corrected chi connectivity index (χ3v) is 3.79. The van der Waals surface area contributed by atoms with E-state index in [-0.39, 0.29) is 18.1 Å². The first-order valence-corrected chi connectivity index (χ1v) is 7.19. The highest BCUT2D eigenvalue weighted by molar-refractivity contribution is 5.74. The molecular weight excluding hydrogens is 254 g/mol. The summed E-state index contributed by atoms with van der Waals surface area (Å²) in [5.41, 5.74) is 1.81. The molecule has 1 aliphatic heterocycles. The fourth-order valence-electron chi connectivity index (χ4n) is 2.56. The number of carbonyl (C=O) groups is 1. The van der Waals surface area contributed by atoms with Crippen LogP contribution < -0.4 is 5.32 Å². The second kappa shape index (κ2) is 6.70. The summed E-state index contributed by atoms with van der Waals surface area (Å²) in [4.78, 5) is 18.3.